The highest BCUT2D eigenvalue weighted by Crippen LogP contribution is 2.45. The maximum Gasteiger partial charge on any atom is 0.263 e. The standard InChI is InChI=1S/C17H19N3O3/c1-4-5-8-22-16-10-14-17(19-18-16)23-15-9-12(11(2)21)6-7-13(15)20(14)3/h6-7,9-10H,4-5,8H2,1-3H3. The molecular weight excluding hydrogens is 294 g/mol. The number of rotatable bonds is 5. The molecule has 1 aromatic heterocycles. The number of ketones is 1. The summed E-state index contributed by atoms with van der Waals surface area (Å²) in [6.07, 6.45) is 2.04. The fourth-order valence-corrected chi connectivity index (χ4v) is 2.38. The van der Waals surface area contributed by atoms with Gasteiger partial charge in [-0.1, -0.05) is 13.3 Å². The van der Waals surface area contributed by atoms with Crippen LogP contribution >= 0.6 is 0 Å². The molecule has 0 saturated heterocycles. The average Bonchev–Trinajstić information content (AvgIpc) is 2.55. The van der Waals surface area contributed by atoms with Crippen molar-refractivity contribution >= 4 is 17.2 Å². The molecule has 0 bridgehead atoms. The molecule has 0 aliphatic carbocycles. The highest BCUT2D eigenvalue weighted by Gasteiger charge is 2.25. The Morgan fingerprint density at radius 1 is 1.26 bits per heavy atom. The minimum Gasteiger partial charge on any atom is -0.477 e. The molecule has 6 heteroatoms. The van der Waals surface area contributed by atoms with Crippen LogP contribution in [0.4, 0.5) is 11.4 Å². The zero-order valence-corrected chi connectivity index (χ0v) is 13.5. The van der Waals surface area contributed by atoms with Crippen LogP contribution in [-0.2, 0) is 0 Å². The summed E-state index contributed by atoms with van der Waals surface area (Å²) in [6, 6.07) is 7.20. The van der Waals surface area contributed by atoms with Crippen LogP contribution in [0.5, 0.6) is 17.5 Å². The van der Waals surface area contributed by atoms with Gasteiger partial charge in [0.2, 0.25) is 5.88 Å². The Labute approximate surface area is 135 Å². The first-order valence-electron chi connectivity index (χ1n) is 7.67. The minimum absolute atomic E-state index is 0.00407. The van der Waals surface area contributed by atoms with E-state index in [0.29, 0.717) is 29.7 Å². The molecule has 23 heavy (non-hydrogen) atoms. The largest absolute Gasteiger partial charge is 0.477 e. The van der Waals surface area contributed by atoms with Crippen molar-refractivity contribution in [2.75, 3.05) is 18.6 Å². The van der Waals surface area contributed by atoms with Gasteiger partial charge in [-0.25, -0.2) is 0 Å². The normalized spacial score (nSPS) is 12.2. The Hall–Kier alpha value is -2.63. The van der Waals surface area contributed by atoms with Gasteiger partial charge in [0.1, 0.15) is 5.69 Å². The smallest absolute Gasteiger partial charge is 0.263 e. The van der Waals surface area contributed by atoms with Gasteiger partial charge in [0.05, 0.1) is 12.3 Å². The second-order valence-electron chi connectivity index (χ2n) is 5.47. The van der Waals surface area contributed by atoms with Crippen LogP contribution in [-0.4, -0.2) is 29.6 Å². The van der Waals surface area contributed by atoms with E-state index in [0.717, 1.165) is 24.2 Å². The number of fused-ring (bicyclic) bond motifs is 2. The molecule has 0 unspecified atom stereocenters. The van der Waals surface area contributed by atoms with Gasteiger partial charge in [0.25, 0.3) is 5.88 Å². The number of ether oxygens (including phenoxy) is 2. The van der Waals surface area contributed by atoms with E-state index in [1.54, 1.807) is 12.1 Å². The van der Waals surface area contributed by atoms with E-state index >= 15 is 0 Å². The number of unbranched alkanes of at least 4 members (excludes halogenated alkanes) is 1. The maximum absolute atomic E-state index is 11.5. The van der Waals surface area contributed by atoms with Crippen molar-refractivity contribution in [2.24, 2.45) is 0 Å². The van der Waals surface area contributed by atoms with Gasteiger partial charge in [-0.15, -0.1) is 10.2 Å². The summed E-state index contributed by atoms with van der Waals surface area (Å²) >= 11 is 0. The Morgan fingerprint density at radius 3 is 2.83 bits per heavy atom. The molecule has 120 valence electrons. The zero-order chi connectivity index (χ0) is 16.4. The molecular formula is C17H19N3O3. The molecule has 0 fully saturated rings. The SMILES string of the molecule is CCCCOc1cc2c(nn1)Oc1cc(C(C)=O)ccc1N2C. The molecule has 0 radical (unpaired) electrons. The number of nitrogens with zero attached hydrogens (tertiary/aromatic N) is 3. The van der Waals surface area contributed by atoms with E-state index in [4.69, 9.17) is 9.47 Å². The van der Waals surface area contributed by atoms with Crippen LogP contribution in [0.25, 0.3) is 0 Å². The molecule has 2 aromatic rings. The number of carbonyl (C=O) groups excluding carboxylic acids is 1. The van der Waals surface area contributed by atoms with Gasteiger partial charge in [-0.3, -0.25) is 4.79 Å². The molecule has 0 saturated carbocycles. The third-order valence-electron chi connectivity index (χ3n) is 3.76. The van der Waals surface area contributed by atoms with Crippen LogP contribution in [0.3, 0.4) is 0 Å². The monoisotopic (exact) mass is 313 g/mol. The number of carbonyl (C=O) groups is 1. The van der Waals surface area contributed by atoms with Gasteiger partial charge in [-0.2, -0.15) is 0 Å². The van der Waals surface area contributed by atoms with Crippen LogP contribution < -0.4 is 14.4 Å². The summed E-state index contributed by atoms with van der Waals surface area (Å²) in [7, 11) is 1.92. The number of benzene rings is 1. The molecule has 3 rings (SSSR count). The van der Waals surface area contributed by atoms with Crippen LogP contribution in [0, 0.1) is 0 Å². The summed E-state index contributed by atoms with van der Waals surface area (Å²) in [5, 5.41) is 8.14. The quantitative estimate of drug-likeness (QED) is 0.619. The van der Waals surface area contributed by atoms with Crippen molar-refractivity contribution in [2.45, 2.75) is 26.7 Å². The molecule has 1 aromatic carbocycles. The van der Waals surface area contributed by atoms with E-state index in [1.807, 2.05) is 24.1 Å². The lowest BCUT2D eigenvalue weighted by Crippen LogP contribution is -2.17. The van der Waals surface area contributed by atoms with E-state index < -0.39 is 0 Å². The van der Waals surface area contributed by atoms with Gasteiger partial charge in [0.15, 0.2) is 11.5 Å². The van der Waals surface area contributed by atoms with Crippen molar-refractivity contribution in [3.63, 3.8) is 0 Å². The van der Waals surface area contributed by atoms with Crippen molar-refractivity contribution in [1.82, 2.24) is 10.2 Å². The highest BCUT2D eigenvalue weighted by molar-refractivity contribution is 5.95. The molecule has 0 N–H and O–H groups in total. The summed E-state index contributed by atoms with van der Waals surface area (Å²) < 4.78 is 11.4. The first-order valence-corrected chi connectivity index (χ1v) is 7.67. The number of hydrogen-bond donors (Lipinski definition) is 0. The van der Waals surface area contributed by atoms with Gasteiger partial charge in [0, 0.05) is 18.7 Å². The molecule has 0 atom stereocenters. The zero-order valence-electron chi connectivity index (χ0n) is 13.5. The molecule has 1 aliphatic rings. The summed E-state index contributed by atoms with van der Waals surface area (Å²) in [4.78, 5) is 13.5. The van der Waals surface area contributed by atoms with Gasteiger partial charge >= 0.3 is 0 Å². The van der Waals surface area contributed by atoms with Gasteiger partial charge in [-0.05, 0) is 31.5 Å². The lowest BCUT2D eigenvalue weighted by Gasteiger charge is -2.28. The predicted molar refractivity (Wildman–Crippen MR) is 87.0 cm³/mol. The van der Waals surface area contributed by atoms with E-state index in [2.05, 4.69) is 17.1 Å². The first-order chi connectivity index (χ1) is 11.1. The second kappa shape index (κ2) is 6.24. The minimum atomic E-state index is -0.00407. The second-order valence-corrected chi connectivity index (χ2v) is 5.47. The summed E-state index contributed by atoms with van der Waals surface area (Å²) in [6.45, 7) is 4.25. The number of hydrogen-bond acceptors (Lipinski definition) is 6. The third kappa shape index (κ3) is 2.97. The van der Waals surface area contributed by atoms with Crippen molar-refractivity contribution < 1.29 is 14.3 Å². The average molecular weight is 313 g/mol. The lowest BCUT2D eigenvalue weighted by molar-refractivity contribution is 0.101. The Morgan fingerprint density at radius 2 is 2.09 bits per heavy atom. The molecule has 0 amide bonds. The van der Waals surface area contributed by atoms with Gasteiger partial charge < -0.3 is 14.4 Å². The fourth-order valence-electron chi connectivity index (χ4n) is 2.38. The Bertz CT molecular complexity index is 746. The molecule has 2 heterocycles. The van der Waals surface area contributed by atoms with Crippen LogP contribution in [0.1, 0.15) is 37.0 Å². The first kappa shape index (κ1) is 15.3. The van der Waals surface area contributed by atoms with E-state index in [9.17, 15) is 4.79 Å². The third-order valence-corrected chi connectivity index (χ3v) is 3.76. The van der Waals surface area contributed by atoms with Crippen molar-refractivity contribution in [3.05, 3.63) is 29.8 Å². The molecule has 1 aliphatic heterocycles. The molecule has 6 nitrogen and oxygen atoms in total. The Kier molecular flexibility index (Phi) is 4.14. The topological polar surface area (TPSA) is 64.6 Å². The van der Waals surface area contributed by atoms with Crippen molar-refractivity contribution in [1.29, 1.82) is 0 Å². The Balaban J connectivity index is 1.90. The predicted octanol–water partition coefficient (Wildman–Crippen LogP) is 3.73. The van der Waals surface area contributed by atoms with E-state index in [-0.39, 0.29) is 5.78 Å². The number of anilines is 2. The fraction of sp³-hybridized carbons (Fsp3) is 0.353. The van der Waals surface area contributed by atoms with E-state index in [1.165, 1.54) is 6.92 Å². The highest BCUT2D eigenvalue weighted by atomic mass is 16.5. The van der Waals surface area contributed by atoms with Crippen LogP contribution in [0.2, 0.25) is 0 Å². The lowest BCUT2D eigenvalue weighted by atomic mass is 10.1. The summed E-state index contributed by atoms with van der Waals surface area (Å²) in [5.41, 5.74) is 2.26. The number of aromatic nitrogens is 2. The maximum atomic E-state index is 11.5. The van der Waals surface area contributed by atoms with Crippen LogP contribution in [0.15, 0.2) is 24.3 Å². The summed E-state index contributed by atoms with van der Waals surface area (Å²) in [5.74, 6) is 1.48. The number of Topliss-reactive ketones (excluding diaryl/α,β-unsaturated/α-hetero) is 1. The molecule has 0 spiro atoms. The van der Waals surface area contributed by atoms with Crippen molar-refractivity contribution in [3.8, 4) is 17.5 Å².